The van der Waals surface area contributed by atoms with E-state index in [1.165, 1.54) is 13.3 Å². The zero-order chi connectivity index (χ0) is 28.6. The van der Waals surface area contributed by atoms with Crippen LogP contribution in [0.4, 0.5) is 5.69 Å². The summed E-state index contributed by atoms with van der Waals surface area (Å²) in [5.41, 5.74) is 4.43. The molecule has 0 aliphatic rings. The van der Waals surface area contributed by atoms with E-state index in [1.807, 2.05) is 0 Å². The van der Waals surface area contributed by atoms with Gasteiger partial charge in [-0.25, -0.2) is 10.2 Å². The molecule has 0 atom stereocenters. The molecule has 0 aliphatic heterocycles. The fourth-order valence-corrected chi connectivity index (χ4v) is 5.03. The van der Waals surface area contributed by atoms with Gasteiger partial charge in [0.2, 0.25) is 0 Å². The number of benzene rings is 4. The maximum Gasteiger partial charge on any atom is 0.343 e. The number of hydrazone groups is 1. The van der Waals surface area contributed by atoms with Gasteiger partial charge in [0, 0.05) is 31.3 Å². The van der Waals surface area contributed by atoms with E-state index < -0.39 is 11.9 Å². The van der Waals surface area contributed by atoms with Crippen molar-refractivity contribution in [2.75, 3.05) is 12.4 Å². The number of anilines is 1. The molecule has 40 heavy (non-hydrogen) atoms. The first-order chi connectivity index (χ1) is 19.2. The molecular weight excluding hydrogens is 710 g/mol. The molecule has 0 saturated carbocycles. The standard InChI is InChI=1S/C29H20Br3N3O5/c1-39-24-11-7-18(8-12-24)29(38)40-26-20(13-22(31)15-25(26)32)16-33-35-28(37)19-3-2-4-23(14-19)34-27(36)17-5-9-21(30)10-6-17/h2-16H,1H3,(H,34,36)(H,35,37). The van der Waals surface area contributed by atoms with Gasteiger partial charge in [-0.05, 0) is 94.8 Å². The Bertz CT molecular complexity index is 1590. The lowest BCUT2D eigenvalue weighted by Crippen LogP contribution is -2.18. The van der Waals surface area contributed by atoms with Crippen molar-refractivity contribution in [3.8, 4) is 11.5 Å². The number of hydrogen-bond donors (Lipinski definition) is 2. The number of ether oxygens (including phenoxy) is 2. The number of nitrogens with zero attached hydrogens (tertiary/aromatic N) is 1. The second-order valence-corrected chi connectivity index (χ2v) is 10.9. The summed E-state index contributed by atoms with van der Waals surface area (Å²) in [7, 11) is 1.54. The third-order valence-corrected chi connectivity index (χ3v) is 6.99. The second kappa shape index (κ2) is 13.5. The Morgan fingerprint density at radius 2 is 1.48 bits per heavy atom. The van der Waals surface area contributed by atoms with Crippen LogP contribution in [0.1, 0.15) is 36.6 Å². The molecule has 0 spiro atoms. The normalized spacial score (nSPS) is 10.7. The molecule has 4 aromatic carbocycles. The molecule has 0 unspecified atom stereocenters. The van der Waals surface area contributed by atoms with Crippen molar-refractivity contribution >= 4 is 77.5 Å². The largest absolute Gasteiger partial charge is 0.497 e. The Balaban J connectivity index is 1.45. The highest BCUT2D eigenvalue weighted by molar-refractivity contribution is 9.11. The highest BCUT2D eigenvalue weighted by Gasteiger charge is 2.16. The van der Waals surface area contributed by atoms with Gasteiger partial charge in [-0.15, -0.1) is 0 Å². The monoisotopic (exact) mass is 727 g/mol. The van der Waals surface area contributed by atoms with Crippen molar-refractivity contribution in [3.05, 3.63) is 121 Å². The number of halogens is 3. The maximum absolute atomic E-state index is 12.8. The number of amides is 2. The van der Waals surface area contributed by atoms with Gasteiger partial charge in [0.05, 0.1) is 23.4 Å². The first-order valence-corrected chi connectivity index (χ1v) is 14.0. The maximum atomic E-state index is 12.8. The number of methoxy groups -OCH3 is 1. The van der Waals surface area contributed by atoms with E-state index in [2.05, 4.69) is 63.6 Å². The molecule has 4 aromatic rings. The molecular formula is C29H20Br3N3O5. The van der Waals surface area contributed by atoms with Gasteiger partial charge >= 0.3 is 5.97 Å². The van der Waals surface area contributed by atoms with Gasteiger partial charge in [-0.2, -0.15) is 5.10 Å². The summed E-state index contributed by atoms with van der Waals surface area (Å²) in [5, 5.41) is 6.82. The van der Waals surface area contributed by atoms with Crippen molar-refractivity contribution in [2.45, 2.75) is 0 Å². The summed E-state index contributed by atoms with van der Waals surface area (Å²) in [4.78, 5) is 38.0. The lowest BCUT2D eigenvalue weighted by atomic mass is 10.1. The van der Waals surface area contributed by atoms with Gasteiger partial charge in [0.15, 0.2) is 5.75 Å². The zero-order valence-electron chi connectivity index (χ0n) is 20.8. The van der Waals surface area contributed by atoms with Crippen molar-refractivity contribution in [2.24, 2.45) is 5.10 Å². The van der Waals surface area contributed by atoms with Gasteiger partial charge in [0.25, 0.3) is 11.8 Å². The molecule has 202 valence electrons. The Labute approximate surface area is 255 Å². The van der Waals surface area contributed by atoms with Crippen LogP contribution >= 0.6 is 47.8 Å². The minimum absolute atomic E-state index is 0.222. The van der Waals surface area contributed by atoms with Crippen molar-refractivity contribution in [1.29, 1.82) is 0 Å². The van der Waals surface area contributed by atoms with Crippen molar-refractivity contribution < 1.29 is 23.9 Å². The van der Waals surface area contributed by atoms with Crippen LogP contribution in [0.5, 0.6) is 11.5 Å². The number of nitrogens with one attached hydrogen (secondary N) is 2. The minimum Gasteiger partial charge on any atom is -0.497 e. The second-order valence-electron chi connectivity index (χ2n) is 8.16. The molecule has 2 amide bonds. The molecule has 0 radical (unpaired) electrons. The van der Waals surface area contributed by atoms with Gasteiger partial charge in [-0.3, -0.25) is 9.59 Å². The topological polar surface area (TPSA) is 106 Å². The van der Waals surface area contributed by atoms with Crippen molar-refractivity contribution in [3.63, 3.8) is 0 Å². The minimum atomic E-state index is -0.577. The predicted molar refractivity (Wildman–Crippen MR) is 163 cm³/mol. The lowest BCUT2D eigenvalue weighted by molar-refractivity contribution is 0.0732. The first-order valence-electron chi connectivity index (χ1n) is 11.6. The fraction of sp³-hybridized carbons (Fsp3) is 0.0345. The van der Waals surface area contributed by atoms with E-state index in [-0.39, 0.29) is 17.2 Å². The predicted octanol–water partition coefficient (Wildman–Crippen LogP) is 7.22. The van der Waals surface area contributed by atoms with Crippen LogP contribution < -0.4 is 20.2 Å². The summed E-state index contributed by atoms with van der Waals surface area (Å²) in [5.74, 6) is -0.546. The summed E-state index contributed by atoms with van der Waals surface area (Å²) in [6, 6.07) is 23.3. The Hall–Kier alpha value is -3.80. The van der Waals surface area contributed by atoms with E-state index in [9.17, 15) is 14.4 Å². The average molecular weight is 730 g/mol. The quantitative estimate of drug-likeness (QED) is 0.0863. The van der Waals surface area contributed by atoms with Crippen LogP contribution in [0.25, 0.3) is 0 Å². The van der Waals surface area contributed by atoms with Crippen LogP contribution in [-0.4, -0.2) is 31.1 Å². The summed E-state index contributed by atoms with van der Waals surface area (Å²) < 4.78 is 12.8. The zero-order valence-corrected chi connectivity index (χ0v) is 25.5. The van der Waals surface area contributed by atoms with Crippen LogP contribution in [0, 0.1) is 0 Å². The average Bonchev–Trinajstić information content (AvgIpc) is 2.95. The highest BCUT2D eigenvalue weighted by atomic mass is 79.9. The van der Waals surface area contributed by atoms with Gasteiger partial charge < -0.3 is 14.8 Å². The van der Waals surface area contributed by atoms with Gasteiger partial charge in [0.1, 0.15) is 5.75 Å². The smallest absolute Gasteiger partial charge is 0.343 e. The molecule has 11 heteroatoms. The van der Waals surface area contributed by atoms with E-state index in [0.29, 0.717) is 37.1 Å². The molecule has 0 heterocycles. The molecule has 2 N–H and O–H groups in total. The first kappa shape index (κ1) is 29.2. The number of hydrogen-bond acceptors (Lipinski definition) is 6. The van der Waals surface area contributed by atoms with E-state index in [4.69, 9.17) is 9.47 Å². The molecule has 0 saturated heterocycles. The van der Waals surface area contributed by atoms with Crippen molar-refractivity contribution in [1.82, 2.24) is 5.43 Å². The lowest BCUT2D eigenvalue weighted by Gasteiger charge is -2.11. The Kier molecular flexibility index (Phi) is 9.86. The number of rotatable bonds is 8. The van der Waals surface area contributed by atoms with Crippen LogP contribution in [0.2, 0.25) is 0 Å². The van der Waals surface area contributed by atoms with Crippen LogP contribution in [0.15, 0.2) is 103 Å². The fourth-order valence-electron chi connectivity index (χ4n) is 3.43. The number of esters is 1. The summed E-state index contributed by atoms with van der Waals surface area (Å²) >= 11 is 10.2. The Morgan fingerprint density at radius 3 is 2.17 bits per heavy atom. The Morgan fingerprint density at radius 1 is 0.775 bits per heavy atom. The van der Waals surface area contributed by atoms with Crippen LogP contribution in [0.3, 0.4) is 0 Å². The molecule has 0 aliphatic carbocycles. The highest BCUT2D eigenvalue weighted by Crippen LogP contribution is 2.33. The molecule has 8 nitrogen and oxygen atoms in total. The third-order valence-electron chi connectivity index (χ3n) is 5.42. The SMILES string of the molecule is COc1ccc(C(=O)Oc2c(Br)cc(Br)cc2C=NNC(=O)c2cccc(NC(=O)c3ccc(Br)cc3)c2)cc1. The third kappa shape index (κ3) is 7.65. The number of carbonyl (C=O) groups is 3. The molecule has 4 rings (SSSR count). The molecule has 0 aromatic heterocycles. The molecule has 0 bridgehead atoms. The van der Waals surface area contributed by atoms with Gasteiger partial charge in [-0.1, -0.05) is 37.9 Å². The van der Waals surface area contributed by atoms with Crippen LogP contribution in [-0.2, 0) is 0 Å². The molecule has 0 fully saturated rings. The number of carbonyl (C=O) groups excluding carboxylic acids is 3. The summed E-state index contributed by atoms with van der Waals surface area (Å²) in [6.45, 7) is 0. The van der Waals surface area contributed by atoms with E-state index in [0.717, 1.165) is 4.47 Å². The van der Waals surface area contributed by atoms with E-state index >= 15 is 0 Å². The van der Waals surface area contributed by atoms with E-state index in [1.54, 1.807) is 84.9 Å². The summed E-state index contributed by atoms with van der Waals surface area (Å²) in [6.07, 6.45) is 1.36.